The van der Waals surface area contributed by atoms with Crippen molar-refractivity contribution in [1.29, 1.82) is 0 Å². The molecule has 4 nitrogen and oxygen atoms in total. The topological polar surface area (TPSA) is 55.0 Å². The minimum atomic E-state index is -0.235. The van der Waals surface area contributed by atoms with E-state index in [1.54, 1.807) is 12.4 Å². The molecule has 0 spiro atoms. The monoisotopic (exact) mass is 310 g/mol. The van der Waals surface area contributed by atoms with Crippen LogP contribution in [0.2, 0.25) is 0 Å². The first-order valence-corrected chi connectivity index (χ1v) is 8.71. The minimum Gasteiger partial charge on any atom is -0.461 e. The van der Waals surface area contributed by atoms with Crippen molar-refractivity contribution in [1.82, 2.24) is 9.97 Å². The van der Waals surface area contributed by atoms with Gasteiger partial charge in [0.15, 0.2) is 5.16 Å². The Morgan fingerprint density at radius 2 is 2.19 bits per heavy atom. The van der Waals surface area contributed by atoms with E-state index in [1.807, 2.05) is 6.92 Å². The average molecular weight is 310 g/mol. The van der Waals surface area contributed by atoms with Crippen LogP contribution in [-0.4, -0.2) is 27.3 Å². The second-order valence-corrected chi connectivity index (χ2v) is 7.79. The molecule has 0 aromatic carbocycles. The predicted molar refractivity (Wildman–Crippen MR) is 85.1 cm³/mol. The molecular weight excluding hydrogens is 284 g/mol. The fourth-order valence-electron chi connectivity index (χ4n) is 3.03. The second kappa shape index (κ2) is 7.34. The van der Waals surface area contributed by atoms with Gasteiger partial charge in [0.1, 0.15) is 11.4 Å². The van der Waals surface area contributed by atoms with E-state index in [1.165, 1.54) is 18.2 Å². The van der Waals surface area contributed by atoms with Gasteiger partial charge in [-0.1, -0.05) is 39.0 Å². The average Bonchev–Trinajstić information content (AvgIpc) is 2.91. The first-order valence-electron chi connectivity index (χ1n) is 7.84. The van der Waals surface area contributed by atoms with Crippen LogP contribution < -0.4 is 0 Å². The lowest BCUT2D eigenvalue weighted by molar-refractivity contribution is -0.154. The second-order valence-electron chi connectivity index (χ2n) is 6.46. The van der Waals surface area contributed by atoms with Gasteiger partial charge in [-0.25, -0.2) is 4.98 Å². The Hall–Kier alpha value is -0.970. The molecule has 2 rings (SSSR count). The lowest BCUT2D eigenvalue weighted by atomic mass is 9.75. The van der Waals surface area contributed by atoms with Gasteiger partial charge >= 0.3 is 5.97 Å². The third-order valence-corrected chi connectivity index (χ3v) is 5.31. The van der Waals surface area contributed by atoms with Crippen LogP contribution >= 0.6 is 11.8 Å². The van der Waals surface area contributed by atoms with Crippen LogP contribution in [-0.2, 0) is 9.53 Å². The van der Waals surface area contributed by atoms with Crippen LogP contribution in [0.5, 0.6) is 0 Å². The molecule has 21 heavy (non-hydrogen) atoms. The summed E-state index contributed by atoms with van der Waals surface area (Å²) in [5.74, 6) is 1.57. The molecule has 1 saturated carbocycles. The number of aromatic nitrogens is 2. The molecule has 1 aromatic heterocycles. The Morgan fingerprint density at radius 1 is 1.43 bits per heavy atom. The van der Waals surface area contributed by atoms with Crippen molar-refractivity contribution in [2.75, 3.05) is 0 Å². The number of rotatable bonds is 5. The maximum atomic E-state index is 12.3. The summed E-state index contributed by atoms with van der Waals surface area (Å²) in [6, 6.07) is 0. The fourth-order valence-corrected chi connectivity index (χ4v) is 3.77. The number of aromatic amines is 1. The zero-order chi connectivity index (χ0) is 15.4. The van der Waals surface area contributed by atoms with Crippen LogP contribution in [0.4, 0.5) is 0 Å². The highest BCUT2D eigenvalue weighted by molar-refractivity contribution is 8.00. The first kappa shape index (κ1) is 16.4. The quantitative estimate of drug-likeness (QED) is 0.662. The van der Waals surface area contributed by atoms with E-state index < -0.39 is 0 Å². The van der Waals surface area contributed by atoms with Gasteiger partial charge in [0.2, 0.25) is 0 Å². The van der Waals surface area contributed by atoms with E-state index in [-0.39, 0.29) is 17.3 Å². The van der Waals surface area contributed by atoms with Crippen LogP contribution in [0, 0.1) is 17.8 Å². The number of esters is 1. The van der Waals surface area contributed by atoms with Gasteiger partial charge in [-0.2, -0.15) is 0 Å². The number of carbonyl (C=O) groups is 1. The van der Waals surface area contributed by atoms with Crippen LogP contribution in [0.25, 0.3) is 0 Å². The fraction of sp³-hybridized carbons (Fsp3) is 0.750. The van der Waals surface area contributed by atoms with Crippen molar-refractivity contribution in [3.05, 3.63) is 12.4 Å². The number of thioether (sulfide) groups is 1. The zero-order valence-corrected chi connectivity index (χ0v) is 14.2. The molecule has 1 N–H and O–H groups in total. The lowest BCUT2D eigenvalue weighted by Crippen LogP contribution is -2.37. The van der Waals surface area contributed by atoms with Crippen LogP contribution in [0.15, 0.2) is 17.6 Å². The molecule has 1 heterocycles. The molecule has 1 aromatic rings. The van der Waals surface area contributed by atoms with Crippen molar-refractivity contribution in [3.8, 4) is 0 Å². The van der Waals surface area contributed by atoms with E-state index in [4.69, 9.17) is 4.74 Å². The summed E-state index contributed by atoms with van der Waals surface area (Å²) in [5.41, 5.74) is 0. The minimum absolute atomic E-state index is 0.0703. The molecule has 1 aliphatic rings. The van der Waals surface area contributed by atoms with Crippen LogP contribution in [0.1, 0.15) is 47.0 Å². The Labute approximate surface area is 131 Å². The number of nitrogens with one attached hydrogen (secondary N) is 1. The molecule has 5 heteroatoms. The van der Waals surface area contributed by atoms with E-state index in [9.17, 15) is 4.79 Å². The normalized spacial score (nSPS) is 27.6. The first-order chi connectivity index (χ1) is 9.97. The summed E-state index contributed by atoms with van der Waals surface area (Å²) in [7, 11) is 0. The van der Waals surface area contributed by atoms with Gasteiger partial charge in [0.25, 0.3) is 0 Å². The molecule has 0 bridgehead atoms. The smallest absolute Gasteiger partial charge is 0.319 e. The largest absolute Gasteiger partial charge is 0.461 e. The van der Waals surface area contributed by atoms with Crippen molar-refractivity contribution in [3.63, 3.8) is 0 Å². The molecule has 118 valence electrons. The van der Waals surface area contributed by atoms with E-state index >= 15 is 0 Å². The van der Waals surface area contributed by atoms with Crippen molar-refractivity contribution >= 4 is 17.7 Å². The number of imidazole rings is 1. The standard InChI is InChI=1S/C16H26N2O2S/c1-10(2)13-6-5-11(3)9-14(13)20-15(19)12(4)21-16-17-7-8-18-16/h7-8,10-14H,5-6,9H2,1-4H3,(H,17,18). The Kier molecular flexibility index (Phi) is 5.73. The van der Waals surface area contributed by atoms with Crippen molar-refractivity contribution in [2.45, 2.75) is 63.5 Å². The number of carbonyl (C=O) groups excluding carboxylic acids is 1. The molecule has 0 radical (unpaired) electrons. The zero-order valence-electron chi connectivity index (χ0n) is 13.3. The summed E-state index contributed by atoms with van der Waals surface area (Å²) in [4.78, 5) is 19.5. The van der Waals surface area contributed by atoms with Gasteiger partial charge in [-0.3, -0.25) is 4.79 Å². The van der Waals surface area contributed by atoms with Gasteiger partial charge in [-0.15, -0.1) is 0 Å². The Balaban J connectivity index is 1.92. The molecule has 1 fully saturated rings. The highest BCUT2D eigenvalue weighted by Crippen LogP contribution is 2.36. The molecule has 4 unspecified atom stereocenters. The summed E-state index contributed by atoms with van der Waals surface area (Å²) >= 11 is 1.42. The van der Waals surface area contributed by atoms with E-state index in [2.05, 4.69) is 30.7 Å². The van der Waals surface area contributed by atoms with Gasteiger partial charge in [0, 0.05) is 12.4 Å². The van der Waals surface area contributed by atoms with Gasteiger partial charge < -0.3 is 9.72 Å². The van der Waals surface area contributed by atoms with E-state index in [0.29, 0.717) is 17.8 Å². The number of hydrogen-bond donors (Lipinski definition) is 1. The number of H-pyrrole nitrogens is 1. The summed E-state index contributed by atoms with van der Waals surface area (Å²) < 4.78 is 5.84. The van der Waals surface area contributed by atoms with Crippen molar-refractivity contribution in [2.24, 2.45) is 17.8 Å². The molecule has 4 atom stereocenters. The third kappa shape index (κ3) is 4.50. The molecule has 0 amide bonds. The SMILES string of the molecule is CC1CCC(C(C)C)C(OC(=O)C(C)Sc2ncc[nH]2)C1. The van der Waals surface area contributed by atoms with Gasteiger partial charge in [0.05, 0.1) is 0 Å². The molecular formula is C16H26N2O2S. The van der Waals surface area contributed by atoms with Gasteiger partial charge in [-0.05, 0) is 37.5 Å². The Morgan fingerprint density at radius 3 is 2.81 bits per heavy atom. The molecule has 0 saturated heterocycles. The predicted octanol–water partition coefficient (Wildman–Crippen LogP) is 3.89. The molecule has 1 aliphatic carbocycles. The van der Waals surface area contributed by atoms with E-state index in [0.717, 1.165) is 18.0 Å². The maximum absolute atomic E-state index is 12.3. The number of nitrogens with zero attached hydrogens (tertiary/aromatic N) is 1. The highest BCUT2D eigenvalue weighted by atomic mass is 32.2. The maximum Gasteiger partial charge on any atom is 0.319 e. The number of hydrogen-bond acceptors (Lipinski definition) is 4. The highest BCUT2D eigenvalue weighted by Gasteiger charge is 2.34. The van der Waals surface area contributed by atoms with Crippen LogP contribution in [0.3, 0.4) is 0 Å². The Bertz CT molecular complexity index is 447. The summed E-state index contributed by atoms with van der Waals surface area (Å²) in [6.45, 7) is 8.58. The lowest BCUT2D eigenvalue weighted by Gasteiger charge is -2.37. The molecule has 0 aliphatic heterocycles. The summed E-state index contributed by atoms with van der Waals surface area (Å²) in [6.07, 6.45) is 6.92. The number of ether oxygens (including phenoxy) is 1. The van der Waals surface area contributed by atoms with Crippen molar-refractivity contribution < 1.29 is 9.53 Å². The third-order valence-electron chi connectivity index (χ3n) is 4.32. The summed E-state index contributed by atoms with van der Waals surface area (Å²) in [5, 5.41) is 0.526.